The fourth-order valence-corrected chi connectivity index (χ4v) is 3.10. The predicted molar refractivity (Wildman–Crippen MR) is 95.8 cm³/mol. The molecule has 2 rings (SSSR count). The van der Waals surface area contributed by atoms with Crippen LogP contribution >= 0.6 is 0 Å². The van der Waals surface area contributed by atoms with Crippen LogP contribution in [0.1, 0.15) is 52.4 Å². The van der Waals surface area contributed by atoms with E-state index in [9.17, 15) is 13.2 Å². The zero-order chi connectivity index (χ0) is 18.8. The highest BCUT2D eigenvalue weighted by atomic mass is 19.4. The van der Waals surface area contributed by atoms with Gasteiger partial charge in [0.1, 0.15) is 5.82 Å². The Kier molecular flexibility index (Phi) is 5.82. The number of hydrogen-bond donors (Lipinski definition) is 0. The number of nitrogens with zero attached hydrogens (tertiary/aromatic N) is 3. The Morgan fingerprint density at radius 3 is 2.24 bits per heavy atom. The van der Waals surface area contributed by atoms with Gasteiger partial charge in [0.2, 0.25) is 0 Å². The van der Waals surface area contributed by atoms with E-state index in [0.717, 1.165) is 56.1 Å². The zero-order valence-corrected chi connectivity index (χ0v) is 15.7. The second-order valence-corrected chi connectivity index (χ2v) is 7.42. The average Bonchev–Trinajstić information content (AvgIpc) is 2.89. The molecule has 0 unspecified atom stereocenters. The number of halogens is 3. The van der Waals surface area contributed by atoms with Crippen molar-refractivity contribution < 1.29 is 13.2 Å². The Balaban J connectivity index is 2.38. The van der Waals surface area contributed by atoms with E-state index in [1.54, 1.807) is 6.07 Å². The summed E-state index contributed by atoms with van der Waals surface area (Å²) in [5, 5.41) is 0. The molecule has 0 aliphatic heterocycles. The van der Waals surface area contributed by atoms with Crippen LogP contribution in [0.15, 0.2) is 18.2 Å². The Bertz CT molecular complexity index is 707. The van der Waals surface area contributed by atoms with Crippen LogP contribution < -0.4 is 0 Å². The fraction of sp³-hybridized carbons (Fsp3) is 0.632. The summed E-state index contributed by atoms with van der Waals surface area (Å²) >= 11 is 0. The second-order valence-electron chi connectivity index (χ2n) is 7.42. The summed E-state index contributed by atoms with van der Waals surface area (Å²) in [6.07, 6.45) is -3.40. The summed E-state index contributed by atoms with van der Waals surface area (Å²) in [4.78, 5) is 6.89. The van der Waals surface area contributed by atoms with Crippen molar-refractivity contribution in [3.05, 3.63) is 29.6 Å². The molecular formula is C19H28F3N3. The minimum absolute atomic E-state index is 0.230. The number of hydrogen-bond acceptors (Lipinski definition) is 2. The molecule has 0 radical (unpaired) electrons. The molecule has 1 heterocycles. The molecule has 3 nitrogen and oxygen atoms in total. The number of benzene rings is 1. The van der Waals surface area contributed by atoms with Gasteiger partial charge >= 0.3 is 6.18 Å². The first-order chi connectivity index (χ1) is 11.6. The molecule has 0 saturated carbocycles. The first-order valence-corrected chi connectivity index (χ1v) is 8.88. The van der Waals surface area contributed by atoms with Crippen LogP contribution in [-0.4, -0.2) is 34.1 Å². The van der Waals surface area contributed by atoms with Crippen LogP contribution in [0.25, 0.3) is 11.0 Å². The van der Waals surface area contributed by atoms with E-state index in [4.69, 9.17) is 0 Å². The monoisotopic (exact) mass is 355 g/mol. The van der Waals surface area contributed by atoms with Gasteiger partial charge < -0.3 is 9.47 Å². The zero-order valence-electron chi connectivity index (χ0n) is 15.7. The largest absolute Gasteiger partial charge is 0.416 e. The Morgan fingerprint density at radius 2 is 1.72 bits per heavy atom. The van der Waals surface area contributed by atoms with Crippen molar-refractivity contribution in [2.24, 2.45) is 0 Å². The van der Waals surface area contributed by atoms with E-state index >= 15 is 0 Å². The van der Waals surface area contributed by atoms with E-state index < -0.39 is 11.7 Å². The normalized spacial score (nSPS) is 13.2. The maximum Gasteiger partial charge on any atom is 0.416 e. The van der Waals surface area contributed by atoms with E-state index in [2.05, 4.69) is 28.3 Å². The molecule has 0 fully saturated rings. The molecule has 140 valence electrons. The van der Waals surface area contributed by atoms with Crippen molar-refractivity contribution in [1.82, 2.24) is 14.5 Å². The Labute approximate surface area is 147 Å². The summed E-state index contributed by atoms with van der Waals surface area (Å²) in [6, 6.07) is 3.86. The lowest BCUT2D eigenvalue weighted by molar-refractivity contribution is -0.137. The molecule has 0 aliphatic carbocycles. The van der Waals surface area contributed by atoms with Crippen molar-refractivity contribution in [2.75, 3.05) is 19.6 Å². The average molecular weight is 355 g/mol. The molecule has 1 aromatic carbocycles. The molecule has 0 amide bonds. The van der Waals surface area contributed by atoms with Crippen LogP contribution in [0.5, 0.6) is 0 Å². The van der Waals surface area contributed by atoms with Crippen LogP contribution in [0, 0.1) is 0 Å². The van der Waals surface area contributed by atoms with Crippen LogP contribution in [0.2, 0.25) is 0 Å². The van der Waals surface area contributed by atoms with Crippen molar-refractivity contribution in [1.29, 1.82) is 0 Å². The molecule has 0 N–H and O–H groups in total. The van der Waals surface area contributed by atoms with Gasteiger partial charge in [0.15, 0.2) is 0 Å². The second kappa shape index (κ2) is 7.36. The number of aromatic nitrogens is 2. The van der Waals surface area contributed by atoms with Crippen molar-refractivity contribution in [3.63, 3.8) is 0 Å². The van der Waals surface area contributed by atoms with Crippen molar-refractivity contribution in [2.45, 2.75) is 59.2 Å². The third-order valence-electron chi connectivity index (χ3n) is 4.50. The first-order valence-electron chi connectivity index (χ1n) is 8.88. The fourth-order valence-electron chi connectivity index (χ4n) is 3.10. The third kappa shape index (κ3) is 4.54. The van der Waals surface area contributed by atoms with Gasteiger partial charge in [-0.25, -0.2) is 4.98 Å². The SMILES string of the molecule is CCN(CC)CCCn1c(C(C)(C)C)nc2cc(C(F)(F)F)ccc21. The molecular weight excluding hydrogens is 327 g/mol. The van der Waals surface area contributed by atoms with Gasteiger partial charge in [-0.15, -0.1) is 0 Å². The van der Waals surface area contributed by atoms with Crippen molar-refractivity contribution in [3.8, 4) is 0 Å². The summed E-state index contributed by atoms with van der Waals surface area (Å²) in [5.74, 6) is 0.835. The van der Waals surface area contributed by atoms with Gasteiger partial charge in [-0.3, -0.25) is 0 Å². The van der Waals surface area contributed by atoms with E-state index in [1.807, 2.05) is 20.8 Å². The molecule has 0 atom stereocenters. The summed E-state index contributed by atoms with van der Waals surface area (Å²) in [6.45, 7) is 14.1. The van der Waals surface area contributed by atoms with Gasteiger partial charge in [0.25, 0.3) is 0 Å². The van der Waals surface area contributed by atoms with E-state index in [-0.39, 0.29) is 5.41 Å². The minimum Gasteiger partial charge on any atom is -0.327 e. The van der Waals surface area contributed by atoms with E-state index in [1.165, 1.54) is 0 Å². The predicted octanol–water partition coefficient (Wildman–Crippen LogP) is 5.08. The van der Waals surface area contributed by atoms with Gasteiger partial charge in [0.05, 0.1) is 16.6 Å². The number of imidazole rings is 1. The summed E-state index contributed by atoms with van der Waals surface area (Å²) in [5.41, 5.74) is 0.320. The summed E-state index contributed by atoms with van der Waals surface area (Å²) < 4.78 is 41.0. The Morgan fingerprint density at radius 1 is 1.08 bits per heavy atom. The number of fused-ring (bicyclic) bond motifs is 1. The molecule has 1 aromatic heterocycles. The van der Waals surface area contributed by atoms with Gasteiger partial charge in [-0.05, 0) is 44.3 Å². The van der Waals surface area contributed by atoms with Crippen molar-refractivity contribution >= 4 is 11.0 Å². The van der Waals surface area contributed by atoms with Gasteiger partial charge in [-0.2, -0.15) is 13.2 Å². The highest BCUT2D eigenvalue weighted by Gasteiger charge is 2.31. The highest BCUT2D eigenvalue weighted by molar-refractivity contribution is 5.77. The van der Waals surface area contributed by atoms with Gasteiger partial charge in [-0.1, -0.05) is 34.6 Å². The molecule has 6 heteroatoms. The molecule has 25 heavy (non-hydrogen) atoms. The maximum atomic E-state index is 13.0. The Hall–Kier alpha value is -1.56. The number of alkyl halides is 3. The third-order valence-corrected chi connectivity index (χ3v) is 4.50. The minimum atomic E-state index is -4.34. The lowest BCUT2D eigenvalue weighted by Crippen LogP contribution is -2.26. The topological polar surface area (TPSA) is 21.1 Å². The quantitative estimate of drug-likeness (QED) is 0.720. The van der Waals surface area contributed by atoms with Crippen LogP contribution in [-0.2, 0) is 18.1 Å². The molecule has 0 aliphatic rings. The van der Waals surface area contributed by atoms with Gasteiger partial charge in [0, 0.05) is 12.0 Å². The van der Waals surface area contributed by atoms with Crippen LogP contribution in [0.4, 0.5) is 13.2 Å². The molecule has 0 spiro atoms. The smallest absolute Gasteiger partial charge is 0.327 e. The standard InChI is InChI=1S/C19H28F3N3/c1-6-24(7-2)11-8-12-25-16-10-9-14(19(20,21)22)13-15(16)23-17(25)18(3,4)5/h9-10,13H,6-8,11-12H2,1-5H3. The van der Waals surface area contributed by atoms with Crippen LogP contribution in [0.3, 0.4) is 0 Å². The molecule has 2 aromatic rings. The molecule has 0 saturated heterocycles. The lowest BCUT2D eigenvalue weighted by Gasteiger charge is -2.22. The van der Waals surface area contributed by atoms with E-state index in [0.29, 0.717) is 5.52 Å². The lowest BCUT2D eigenvalue weighted by atomic mass is 9.95. The molecule has 0 bridgehead atoms. The summed E-state index contributed by atoms with van der Waals surface area (Å²) in [7, 11) is 0. The first kappa shape index (κ1) is 19.8. The highest BCUT2D eigenvalue weighted by Crippen LogP contribution is 2.33. The maximum absolute atomic E-state index is 13.0. The number of aryl methyl sites for hydroxylation is 1. The number of rotatable bonds is 6.